The fourth-order valence-electron chi connectivity index (χ4n) is 3.88. The highest BCUT2D eigenvalue weighted by Crippen LogP contribution is 2.35. The number of benzene rings is 2. The third-order valence-electron chi connectivity index (χ3n) is 5.32. The van der Waals surface area contributed by atoms with E-state index in [0.717, 1.165) is 52.4 Å². The van der Waals surface area contributed by atoms with Crippen LogP contribution in [0.4, 0.5) is 4.39 Å². The molecule has 1 aliphatic heterocycles. The second-order valence-corrected chi connectivity index (χ2v) is 8.01. The Bertz CT molecular complexity index is 1280. The van der Waals surface area contributed by atoms with Gasteiger partial charge in [-0.15, -0.1) is 0 Å². The molecule has 0 fully saturated rings. The van der Waals surface area contributed by atoms with Gasteiger partial charge in [0.25, 0.3) is 6.47 Å². The average molecular weight is 469 g/mol. The fourth-order valence-corrected chi connectivity index (χ4v) is 4.17. The Morgan fingerprint density at radius 1 is 1.21 bits per heavy atom. The molecule has 2 aromatic heterocycles. The maximum absolute atomic E-state index is 13.6. The maximum atomic E-state index is 13.6. The van der Waals surface area contributed by atoms with Gasteiger partial charge >= 0.3 is 0 Å². The van der Waals surface area contributed by atoms with E-state index in [1.54, 1.807) is 6.07 Å². The number of aromatic nitrogens is 3. The number of hydrogen-bond acceptors (Lipinski definition) is 5. The zero-order valence-corrected chi connectivity index (χ0v) is 18.7. The highest BCUT2D eigenvalue weighted by Gasteiger charge is 2.20. The minimum atomic E-state index is -0.250. The predicted octanol–water partition coefficient (Wildman–Crippen LogP) is 4.62. The summed E-state index contributed by atoms with van der Waals surface area (Å²) in [5.74, 6) is 1.24. The molecule has 1 N–H and O–H groups in total. The Balaban J connectivity index is 0.000000821. The van der Waals surface area contributed by atoms with Crippen LogP contribution in [0.15, 0.2) is 55.0 Å². The lowest BCUT2D eigenvalue weighted by atomic mass is 10.1. The van der Waals surface area contributed by atoms with Gasteiger partial charge in [0, 0.05) is 60.4 Å². The highest BCUT2D eigenvalue weighted by atomic mass is 35.5. The molecule has 0 bridgehead atoms. The number of halogens is 2. The molecule has 9 heteroatoms. The van der Waals surface area contributed by atoms with E-state index in [2.05, 4.69) is 20.9 Å². The molecular formula is C24H22ClFN4O3. The molecule has 0 saturated carbocycles. The van der Waals surface area contributed by atoms with Gasteiger partial charge in [0.2, 0.25) is 0 Å². The second-order valence-electron chi connectivity index (χ2n) is 7.61. The van der Waals surface area contributed by atoms with Crippen molar-refractivity contribution in [3.05, 3.63) is 82.8 Å². The summed E-state index contributed by atoms with van der Waals surface area (Å²) in [5, 5.41) is 8.31. The zero-order chi connectivity index (χ0) is 23.4. The Morgan fingerprint density at radius 3 is 2.73 bits per heavy atom. The SMILES string of the molecule is Cc1ncc(CN2CCOc3c(Cl)cc(-n4ccc5cc(F)ccc54)cc3C2)cn1.O=CO. The van der Waals surface area contributed by atoms with Crippen molar-refractivity contribution in [1.29, 1.82) is 0 Å². The quantitative estimate of drug-likeness (QED) is 0.442. The molecule has 0 unspecified atom stereocenters. The number of rotatable bonds is 3. The molecule has 3 heterocycles. The van der Waals surface area contributed by atoms with Crippen molar-refractivity contribution in [1.82, 2.24) is 19.4 Å². The van der Waals surface area contributed by atoms with Crippen LogP contribution in [0.25, 0.3) is 16.6 Å². The minimum Gasteiger partial charge on any atom is -0.490 e. The molecule has 0 saturated heterocycles. The van der Waals surface area contributed by atoms with Gasteiger partial charge in [-0.2, -0.15) is 0 Å². The van der Waals surface area contributed by atoms with Crippen LogP contribution in [0.3, 0.4) is 0 Å². The van der Waals surface area contributed by atoms with Crippen molar-refractivity contribution in [3.8, 4) is 11.4 Å². The number of nitrogens with zero attached hydrogens (tertiary/aromatic N) is 4. The highest BCUT2D eigenvalue weighted by molar-refractivity contribution is 6.32. The minimum absolute atomic E-state index is 0.246. The summed E-state index contributed by atoms with van der Waals surface area (Å²) in [7, 11) is 0. The lowest BCUT2D eigenvalue weighted by Gasteiger charge is -2.19. The largest absolute Gasteiger partial charge is 0.490 e. The Hall–Kier alpha value is -3.49. The summed E-state index contributed by atoms with van der Waals surface area (Å²) >= 11 is 6.60. The second kappa shape index (κ2) is 9.97. The lowest BCUT2D eigenvalue weighted by molar-refractivity contribution is -0.122. The molecule has 1 aliphatic rings. The number of ether oxygens (including phenoxy) is 1. The third kappa shape index (κ3) is 5.13. The van der Waals surface area contributed by atoms with Gasteiger partial charge in [-0.05, 0) is 43.3 Å². The summed E-state index contributed by atoms with van der Waals surface area (Å²) in [6, 6.07) is 10.7. The molecule has 2 aromatic carbocycles. The first-order chi connectivity index (χ1) is 16.0. The van der Waals surface area contributed by atoms with Gasteiger partial charge in [-0.3, -0.25) is 9.69 Å². The number of aryl methyl sites for hydroxylation is 1. The molecule has 7 nitrogen and oxygen atoms in total. The van der Waals surface area contributed by atoms with E-state index in [4.69, 9.17) is 26.2 Å². The van der Waals surface area contributed by atoms with Gasteiger partial charge in [0.15, 0.2) is 0 Å². The van der Waals surface area contributed by atoms with Gasteiger partial charge in [0.05, 0.1) is 10.5 Å². The van der Waals surface area contributed by atoms with E-state index in [1.165, 1.54) is 12.1 Å². The standard InChI is InChI=1S/C23H20ClFN4O.CH2O2/c1-15-26-11-16(12-27-15)13-28-6-7-30-23-18(14-28)9-20(10-21(23)24)29-5-4-17-8-19(25)2-3-22(17)29;2-1-3/h2-5,8-12H,6-7,13-14H2,1H3;1H,(H,2,3). The molecule has 170 valence electrons. The summed E-state index contributed by atoms with van der Waals surface area (Å²) in [5.41, 5.74) is 3.93. The summed E-state index contributed by atoms with van der Waals surface area (Å²) in [6.45, 7) is 4.40. The van der Waals surface area contributed by atoms with Crippen molar-refractivity contribution in [2.45, 2.75) is 20.0 Å². The third-order valence-corrected chi connectivity index (χ3v) is 5.60. The average Bonchev–Trinajstić information content (AvgIpc) is 3.09. The molecule has 33 heavy (non-hydrogen) atoms. The first-order valence-corrected chi connectivity index (χ1v) is 10.7. The molecular weight excluding hydrogens is 447 g/mol. The maximum Gasteiger partial charge on any atom is 0.290 e. The van der Waals surface area contributed by atoms with Gasteiger partial charge in [-0.1, -0.05) is 11.6 Å². The normalized spacial score (nSPS) is 13.4. The van der Waals surface area contributed by atoms with E-state index < -0.39 is 0 Å². The van der Waals surface area contributed by atoms with E-state index in [9.17, 15) is 4.39 Å². The van der Waals surface area contributed by atoms with E-state index in [1.807, 2.05) is 42.2 Å². The summed E-state index contributed by atoms with van der Waals surface area (Å²) < 4.78 is 21.6. The topological polar surface area (TPSA) is 80.5 Å². The molecule has 0 atom stereocenters. The van der Waals surface area contributed by atoms with Crippen LogP contribution in [-0.4, -0.2) is 44.2 Å². The van der Waals surface area contributed by atoms with Gasteiger partial charge in [0.1, 0.15) is 24.0 Å². The smallest absolute Gasteiger partial charge is 0.290 e. The summed E-state index contributed by atoms with van der Waals surface area (Å²) in [6.07, 6.45) is 5.66. The number of fused-ring (bicyclic) bond motifs is 2. The van der Waals surface area contributed by atoms with Crippen LogP contribution in [-0.2, 0) is 17.9 Å². The Morgan fingerprint density at radius 2 is 1.97 bits per heavy atom. The monoisotopic (exact) mass is 468 g/mol. The van der Waals surface area contributed by atoms with Crippen LogP contribution < -0.4 is 4.74 Å². The lowest BCUT2D eigenvalue weighted by Crippen LogP contribution is -2.25. The van der Waals surface area contributed by atoms with Crippen LogP contribution in [0.2, 0.25) is 5.02 Å². The first kappa shape index (κ1) is 22.7. The number of hydrogen-bond donors (Lipinski definition) is 1. The number of carbonyl (C=O) groups is 1. The van der Waals surface area contributed by atoms with Crippen molar-refractivity contribution < 1.29 is 19.0 Å². The molecule has 4 aromatic rings. The first-order valence-electron chi connectivity index (χ1n) is 10.3. The molecule has 0 amide bonds. The van der Waals surface area contributed by atoms with Crippen molar-refractivity contribution in [3.63, 3.8) is 0 Å². The summed E-state index contributed by atoms with van der Waals surface area (Å²) in [4.78, 5) is 19.2. The van der Waals surface area contributed by atoms with Crippen molar-refractivity contribution in [2.24, 2.45) is 0 Å². The van der Waals surface area contributed by atoms with Crippen LogP contribution in [0.1, 0.15) is 17.0 Å². The predicted molar refractivity (Wildman–Crippen MR) is 123 cm³/mol. The van der Waals surface area contributed by atoms with Crippen LogP contribution in [0.5, 0.6) is 5.75 Å². The molecule has 0 spiro atoms. The Kier molecular flexibility index (Phi) is 6.86. The molecule has 5 rings (SSSR count). The zero-order valence-electron chi connectivity index (χ0n) is 17.9. The molecule has 0 aliphatic carbocycles. The Labute approximate surface area is 195 Å². The fraction of sp³-hybridized carbons (Fsp3) is 0.208. The van der Waals surface area contributed by atoms with Gasteiger partial charge < -0.3 is 14.4 Å². The van der Waals surface area contributed by atoms with Crippen molar-refractivity contribution >= 4 is 29.0 Å². The van der Waals surface area contributed by atoms with E-state index >= 15 is 0 Å². The van der Waals surface area contributed by atoms with Crippen LogP contribution >= 0.6 is 11.6 Å². The van der Waals surface area contributed by atoms with Crippen molar-refractivity contribution in [2.75, 3.05) is 13.2 Å². The van der Waals surface area contributed by atoms with E-state index in [0.29, 0.717) is 18.2 Å². The number of carboxylic acid groups (broad SMARTS) is 1. The van der Waals surface area contributed by atoms with Gasteiger partial charge in [-0.25, -0.2) is 14.4 Å². The van der Waals surface area contributed by atoms with Crippen LogP contribution in [0, 0.1) is 12.7 Å². The molecule has 0 radical (unpaired) electrons. The van der Waals surface area contributed by atoms with E-state index in [-0.39, 0.29) is 12.3 Å².